The van der Waals surface area contributed by atoms with E-state index in [4.69, 9.17) is 0 Å². The molecule has 1 aromatic carbocycles. The van der Waals surface area contributed by atoms with Gasteiger partial charge >= 0.3 is 0 Å². The lowest BCUT2D eigenvalue weighted by molar-refractivity contribution is -0.120. The van der Waals surface area contributed by atoms with E-state index in [0.29, 0.717) is 30.4 Å². The zero-order valence-corrected chi connectivity index (χ0v) is 26.6. The third-order valence-electron chi connectivity index (χ3n) is 5.07. The second kappa shape index (κ2) is 26.4. The first-order valence-corrected chi connectivity index (χ1v) is 14.7. The standard InChI is InChI=1S/C22H36N4O2.C3H6O.3C2H6/c1-5-20(27)24-16-18-7-6-8-19(15-18)21(28)26-13-11-25(12-14-26)10-9-23-17-22(2,3)4;1-2-3-4;3*1-2/h6-8,15,23H,5,9-14,16-17H2,1-4H3,(H,24,27);3H,2H2,1H3;3*1-2H3. The summed E-state index contributed by atoms with van der Waals surface area (Å²) in [5, 5.41) is 6.37. The maximum Gasteiger partial charge on any atom is 0.253 e. The fourth-order valence-corrected chi connectivity index (χ4v) is 3.20. The second-order valence-electron chi connectivity index (χ2n) is 9.28. The smallest absolute Gasteiger partial charge is 0.253 e. The van der Waals surface area contributed by atoms with Crippen LogP contribution in [-0.4, -0.2) is 73.7 Å². The number of nitrogens with one attached hydrogen (secondary N) is 2. The highest BCUT2D eigenvalue weighted by molar-refractivity contribution is 5.94. The summed E-state index contributed by atoms with van der Waals surface area (Å²) in [5.74, 6) is 0.0963. The normalized spacial score (nSPS) is 12.6. The van der Waals surface area contributed by atoms with E-state index in [-0.39, 0.29) is 11.8 Å². The molecule has 0 bridgehead atoms. The Balaban J connectivity index is -0.00000108. The molecule has 1 fully saturated rings. The van der Waals surface area contributed by atoms with Crippen molar-refractivity contribution in [2.45, 2.75) is 95.5 Å². The first-order valence-electron chi connectivity index (χ1n) is 14.7. The molecular formula is C31H60N4O3. The molecule has 1 aliphatic rings. The van der Waals surface area contributed by atoms with Gasteiger partial charge in [-0.2, -0.15) is 0 Å². The topological polar surface area (TPSA) is 81.8 Å². The van der Waals surface area contributed by atoms with Crippen LogP contribution in [0.1, 0.15) is 105 Å². The molecule has 1 aromatic rings. The highest BCUT2D eigenvalue weighted by Crippen LogP contribution is 2.12. The van der Waals surface area contributed by atoms with Gasteiger partial charge in [0.25, 0.3) is 5.91 Å². The SMILES string of the molecule is CC.CC.CC.CCC(=O)NCc1cccc(C(=O)N2CCN(CCNCC(C)(C)C)CC2)c1.CCC=O. The zero-order valence-electron chi connectivity index (χ0n) is 26.6. The lowest BCUT2D eigenvalue weighted by Crippen LogP contribution is -2.50. The van der Waals surface area contributed by atoms with Crippen LogP contribution in [0.3, 0.4) is 0 Å². The highest BCUT2D eigenvalue weighted by Gasteiger charge is 2.22. The second-order valence-corrected chi connectivity index (χ2v) is 9.28. The minimum atomic E-state index is 0.0184. The summed E-state index contributed by atoms with van der Waals surface area (Å²) in [5.41, 5.74) is 1.96. The van der Waals surface area contributed by atoms with Gasteiger partial charge in [-0.15, -0.1) is 0 Å². The number of carbonyl (C=O) groups excluding carboxylic acids is 3. The summed E-state index contributed by atoms with van der Waals surface area (Å²) in [4.78, 5) is 37.8. The molecule has 0 saturated carbocycles. The average Bonchev–Trinajstić information content (AvgIpc) is 2.97. The van der Waals surface area contributed by atoms with Crippen molar-refractivity contribution in [3.8, 4) is 0 Å². The van der Waals surface area contributed by atoms with Crippen LogP contribution >= 0.6 is 0 Å². The minimum Gasteiger partial charge on any atom is -0.352 e. The van der Waals surface area contributed by atoms with Crippen LogP contribution < -0.4 is 10.6 Å². The molecule has 0 radical (unpaired) electrons. The Bertz CT molecular complexity index is 709. The Morgan fingerprint density at radius 3 is 1.97 bits per heavy atom. The van der Waals surface area contributed by atoms with Crippen LogP contribution in [0.2, 0.25) is 0 Å². The molecule has 7 nitrogen and oxygen atoms in total. The van der Waals surface area contributed by atoms with Gasteiger partial charge in [0, 0.05) is 70.8 Å². The predicted molar refractivity (Wildman–Crippen MR) is 164 cm³/mol. The number of aldehydes is 1. The maximum atomic E-state index is 12.8. The monoisotopic (exact) mass is 536 g/mol. The molecule has 0 aliphatic carbocycles. The van der Waals surface area contributed by atoms with E-state index in [1.165, 1.54) is 0 Å². The number of amides is 2. The molecule has 1 saturated heterocycles. The number of carbonyl (C=O) groups is 3. The van der Waals surface area contributed by atoms with E-state index < -0.39 is 0 Å². The van der Waals surface area contributed by atoms with E-state index in [1.54, 1.807) is 0 Å². The summed E-state index contributed by atoms with van der Waals surface area (Å²) >= 11 is 0. The molecule has 1 aliphatic heterocycles. The van der Waals surface area contributed by atoms with Crippen LogP contribution in [0, 0.1) is 5.41 Å². The Morgan fingerprint density at radius 1 is 0.947 bits per heavy atom. The molecule has 0 spiro atoms. The molecule has 0 aromatic heterocycles. The molecule has 7 heteroatoms. The molecule has 0 atom stereocenters. The first kappa shape index (κ1) is 40.2. The van der Waals surface area contributed by atoms with Gasteiger partial charge in [0.15, 0.2) is 0 Å². The number of hydrogen-bond acceptors (Lipinski definition) is 5. The first-order chi connectivity index (χ1) is 18.2. The predicted octanol–water partition coefficient (Wildman–Crippen LogP) is 5.78. The third-order valence-corrected chi connectivity index (χ3v) is 5.07. The number of piperazine rings is 1. The summed E-state index contributed by atoms with van der Waals surface area (Å²) in [6, 6.07) is 7.57. The van der Waals surface area contributed by atoms with Crippen LogP contribution in [0.25, 0.3) is 0 Å². The Labute approximate surface area is 235 Å². The zero-order chi connectivity index (χ0) is 30.0. The minimum absolute atomic E-state index is 0.0184. The lowest BCUT2D eigenvalue weighted by Gasteiger charge is -2.35. The molecule has 2 amide bonds. The molecule has 2 rings (SSSR count). The van der Waals surface area contributed by atoms with Gasteiger partial charge in [-0.05, 0) is 23.1 Å². The number of nitrogens with zero attached hydrogens (tertiary/aromatic N) is 2. The quantitative estimate of drug-likeness (QED) is 0.309. The fourth-order valence-electron chi connectivity index (χ4n) is 3.20. The maximum absolute atomic E-state index is 12.8. The van der Waals surface area contributed by atoms with E-state index in [2.05, 4.69) is 36.3 Å². The van der Waals surface area contributed by atoms with Crippen LogP contribution in [0.5, 0.6) is 0 Å². The number of benzene rings is 1. The Kier molecular flexibility index (Phi) is 27.9. The van der Waals surface area contributed by atoms with E-state index in [1.807, 2.05) is 84.6 Å². The summed E-state index contributed by atoms with van der Waals surface area (Å²) < 4.78 is 0. The summed E-state index contributed by atoms with van der Waals surface area (Å²) in [7, 11) is 0. The van der Waals surface area contributed by atoms with Crippen LogP contribution in [0.15, 0.2) is 24.3 Å². The van der Waals surface area contributed by atoms with Crippen molar-refractivity contribution >= 4 is 18.1 Å². The van der Waals surface area contributed by atoms with Gasteiger partial charge < -0.3 is 20.3 Å². The van der Waals surface area contributed by atoms with Crippen molar-refractivity contribution in [3.63, 3.8) is 0 Å². The molecule has 2 N–H and O–H groups in total. The van der Waals surface area contributed by atoms with Gasteiger partial charge in [-0.25, -0.2) is 0 Å². The summed E-state index contributed by atoms with van der Waals surface area (Å²) in [6.45, 7) is 29.2. The fraction of sp³-hybridized carbons (Fsp3) is 0.710. The Morgan fingerprint density at radius 2 is 1.50 bits per heavy atom. The molecule has 0 unspecified atom stereocenters. The number of hydrogen-bond donors (Lipinski definition) is 2. The third kappa shape index (κ3) is 20.8. The molecule has 38 heavy (non-hydrogen) atoms. The van der Waals surface area contributed by atoms with Gasteiger partial charge in [0.2, 0.25) is 5.91 Å². The van der Waals surface area contributed by atoms with Crippen LogP contribution in [0.4, 0.5) is 0 Å². The van der Waals surface area contributed by atoms with E-state index in [9.17, 15) is 14.4 Å². The molecular weight excluding hydrogens is 476 g/mol. The highest BCUT2D eigenvalue weighted by atomic mass is 16.2. The van der Waals surface area contributed by atoms with Gasteiger partial charge in [-0.3, -0.25) is 14.5 Å². The van der Waals surface area contributed by atoms with Crippen molar-refractivity contribution in [1.29, 1.82) is 0 Å². The van der Waals surface area contributed by atoms with Gasteiger partial charge in [0.1, 0.15) is 6.29 Å². The van der Waals surface area contributed by atoms with Gasteiger partial charge in [-0.1, -0.05) is 88.3 Å². The van der Waals surface area contributed by atoms with Gasteiger partial charge in [0.05, 0.1) is 0 Å². The van der Waals surface area contributed by atoms with Crippen molar-refractivity contribution in [1.82, 2.24) is 20.4 Å². The van der Waals surface area contributed by atoms with E-state index in [0.717, 1.165) is 57.7 Å². The average molecular weight is 537 g/mol. The van der Waals surface area contributed by atoms with Crippen molar-refractivity contribution < 1.29 is 14.4 Å². The van der Waals surface area contributed by atoms with Crippen molar-refractivity contribution in [2.24, 2.45) is 5.41 Å². The van der Waals surface area contributed by atoms with Crippen LogP contribution in [-0.2, 0) is 16.1 Å². The lowest BCUT2D eigenvalue weighted by atomic mass is 9.97. The van der Waals surface area contributed by atoms with Crippen molar-refractivity contribution in [3.05, 3.63) is 35.4 Å². The largest absolute Gasteiger partial charge is 0.352 e. The number of rotatable bonds is 9. The summed E-state index contributed by atoms with van der Waals surface area (Å²) in [6.07, 6.45) is 1.98. The van der Waals surface area contributed by atoms with E-state index >= 15 is 0 Å². The van der Waals surface area contributed by atoms with Crippen molar-refractivity contribution in [2.75, 3.05) is 45.8 Å². The molecule has 222 valence electrons. The molecule has 1 heterocycles. The Hall–Kier alpha value is -2.25.